The van der Waals surface area contributed by atoms with Gasteiger partial charge in [-0.15, -0.1) is 0 Å². The summed E-state index contributed by atoms with van der Waals surface area (Å²) < 4.78 is 0.905. The summed E-state index contributed by atoms with van der Waals surface area (Å²) in [4.78, 5) is 28.6. The molecular weight excluding hydrogens is 394 g/mol. The first-order valence-electron chi connectivity index (χ1n) is 8.46. The van der Waals surface area contributed by atoms with Gasteiger partial charge in [0, 0.05) is 29.7 Å². The van der Waals surface area contributed by atoms with E-state index in [2.05, 4.69) is 21.2 Å². The second-order valence-corrected chi connectivity index (χ2v) is 7.21. The van der Waals surface area contributed by atoms with Crippen LogP contribution in [0.1, 0.15) is 15.9 Å². The van der Waals surface area contributed by atoms with Gasteiger partial charge in [-0.1, -0.05) is 46.3 Å². The van der Waals surface area contributed by atoms with Crippen molar-refractivity contribution < 1.29 is 9.59 Å². The number of nitrogens with zero attached hydrogens (tertiary/aromatic N) is 2. The predicted molar refractivity (Wildman–Crippen MR) is 107 cm³/mol. The zero-order valence-electron chi connectivity index (χ0n) is 15.1. The lowest BCUT2D eigenvalue weighted by atomic mass is 10.2. The SMILES string of the molecule is CN(C)CCN(Cc1ccccc1)C(=O)CNC(=O)c1ccc(Br)cc1. The fraction of sp³-hybridized carbons (Fsp3) is 0.300. The number of hydrogen-bond donors (Lipinski definition) is 1. The molecule has 0 radical (unpaired) electrons. The molecule has 0 aliphatic carbocycles. The van der Waals surface area contributed by atoms with Crippen LogP contribution in [0.15, 0.2) is 59.1 Å². The van der Waals surface area contributed by atoms with Gasteiger partial charge in [-0.3, -0.25) is 9.59 Å². The first-order valence-corrected chi connectivity index (χ1v) is 9.25. The zero-order chi connectivity index (χ0) is 18.9. The van der Waals surface area contributed by atoms with Gasteiger partial charge in [-0.05, 0) is 43.9 Å². The Hall–Kier alpha value is -2.18. The topological polar surface area (TPSA) is 52.6 Å². The highest BCUT2D eigenvalue weighted by molar-refractivity contribution is 9.10. The Morgan fingerprint density at radius 2 is 1.62 bits per heavy atom. The van der Waals surface area contributed by atoms with E-state index < -0.39 is 0 Å². The van der Waals surface area contributed by atoms with Crippen molar-refractivity contribution in [1.82, 2.24) is 15.1 Å². The predicted octanol–water partition coefficient (Wildman–Crippen LogP) is 2.77. The van der Waals surface area contributed by atoms with Crippen molar-refractivity contribution in [2.24, 2.45) is 0 Å². The largest absolute Gasteiger partial charge is 0.343 e. The van der Waals surface area contributed by atoms with E-state index in [-0.39, 0.29) is 18.4 Å². The first kappa shape index (κ1) is 20.1. The fourth-order valence-electron chi connectivity index (χ4n) is 2.39. The van der Waals surface area contributed by atoms with Crippen molar-refractivity contribution in [3.63, 3.8) is 0 Å². The van der Waals surface area contributed by atoms with Crippen molar-refractivity contribution in [3.8, 4) is 0 Å². The Balaban J connectivity index is 1.96. The number of carbonyl (C=O) groups excluding carboxylic acids is 2. The van der Waals surface area contributed by atoms with Crippen molar-refractivity contribution in [1.29, 1.82) is 0 Å². The molecule has 0 saturated carbocycles. The van der Waals surface area contributed by atoms with Gasteiger partial charge in [0.2, 0.25) is 5.91 Å². The molecule has 0 unspecified atom stereocenters. The molecule has 2 aromatic rings. The maximum Gasteiger partial charge on any atom is 0.251 e. The van der Waals surface area contributed by atoms with Gasteiger partial charge >= 0.3 is 0 Å². The number of rotatable bonds is 8. The lowest BCUT2D eigenvalue weighted by Crippen LogP contribution is -2.42. The molecule has 0 saturated heterocycles. The van der Waals surface area contributed by atoms with Crippen molar-refractivity contribution in [2.75, 3.05) is 33.7 Å². The lowest BCUT2D eigenvalue weighted by molar-refractivity contribution is -0.130. The van der Waals surface area contributed by atoms with E-state index >= 15 is 0 Å². The van der Waals surface area contributed by atoms with Gasteiger partial charge in [0.25, 0.3) is 5.91 Å². The van der Waals surface area contributed by atoms with Crippen LogP contribution < -0.4 is 5.32 Å². The van der Waals surface area contributed by atoms with Gasteiger partial charge in [0.05, 0.1) is 6.54 Å². The molecule has 0 atom stereocenters. The Labute approximate surface area is 163 Å². The summed E-state index contributed by atoms with van der Waals surface area (Å²) in [6.07, 6.45) is 0. The third-order valence-corrected chi connectivity index (χ3v) is 4.42. The van der Waals surface area contributed by atoms with Crippen molar-refractivity contribution >= 4 is 27.7 Å². The van der Waals surface area contributed by atoms with Crippen LogP contribution in [0, 0.1) is 0 Å². The summed E-state index contributed by atoms with van der Waals surface area (Å²) in [5.74, 6) is -0.348. The third kappa shape index (κ3) is 6.61. The molecule has 2 rings (SSSR count). The number of amides is 2. The molecule has 26 heavy (non-hydrogen) atoms. The first-order chi connectivity index (χ1) is 12.5. The molecule has 5 nitrogen and oxygen atoms in total. The second-order valence-electron chi connectivity index (χ2n) is 6.29. The molecule has 0 spiro atoms. The highest BCUT2D eigenvalue weighted by Gasteiger charge is 2.16. The Morgan fingerprint density at radius 1 is 0.962 bits per heavy atom. The quantitative estimate of drug-likeness (QED) is 0.718. The van der Waals surface area contributed by atoms with Crippen LogP contribution >= 0.6 is 15.9 Å². The van der Waals surface area contributed by atoms with Crippen LogP contribution in [-0.2, 0) is 11.3 Å². The number of nitrogens with one attached hydrogen (secondary N) is 1. The molecular formula is C20H24BrN3O2. The smallest absolute Gasteiger partial charge is 0.251 e. The number of halogens is 1. The second kappa shape index (κ2) is 10.1. The maximum atomic E-state index is 12.6. The van der Waals surface area contributed by atoms with E-state index in [4.69, 9.17) is 0 Å². The van der Waals surface area contributed by atoms with E-state index in [1.807, 2.05) is 49.3 Å². The molecule has 0 bridgehead atoms. The van der Waals surface area contributed by atoms with Crippen molar-refractivity contribution in [2.45, 2.75) is 6.54 Å². The molecule has 2 aromatic carbocycles. The summed E-state index contributed by atoms with van der Waals surface area (Å²) in [5.41, 5.74) is 1.60. The van der Waals surface area contributed by atoms with Crippen LogP contribution in [0.25, 0.3) is 0 Å². The number of carbonyl (C=O) groups is 2. The van der Waals surface area contributed by atoms with Gasteiger partial charge in [0.1, 0.15) is 0 Å². The minimum Gasteiger partial charge on any atom is -0.343 e. The summed E-state index contributed by atoms with van der Waals surface area (Å²) in [5, 5.41) is 2.71. The highest BCUT2D eigenvalue weighted by Crippen LogP contribution is 2.10. The zero-order valence-corrected chi connectivity index (χ0v) is 16.7. The molecule has 6 heteroatoms. The standard InChI is InChI=1S/C20H24BrN3O2/c1-23(2)12-13-24(15-16-6-4-3-5-7-16)19(25)14-22-20(26)17-8-10-18(21)11-9-17/h3-11H,12-15H2,1-2H3,(H,22,26). The summed E-state index contributed by atoms with van der Waals surface area (Å²) >= 11 is 3.34. The Bertz CT molecular complexity index is 718. The average molecular weight is 418 g/mol. The molecule has 138 valence electrons. The normalized spacial score (nSPS) is 10.6. The Morgan fingerprint density at radius 3 is 2.23 bits per heavy atom. The minimum atomic E-state index is -0.252. The summed E-state index contributed by atoms with van der Waals surface area (Å²) in [7, 11) is 3.95. The van der Waals surface area contributed by atoms with E-state index in [1.54, 1.807) is 29.2 Å². The van der Waals surface area contributed by atoms with Crippen LogP contribution in [-0.4, -0.2) is 55.3 Å². The molecule has 0 aliphatic heterocycles. The molecule has 0 aromatic heterocycles. The summed E-state index contributed by atoms with van der Waals surface area (Å²) in [6, 6.07) is 16.9. The van der Waals surface area contributed by atoms with E-state index in [9.17, 15) is 9.59 Å². The molecule has 2 amide bonds. The van der Waals surface area contributed by atoms with Crippen LogP contribution in [0.5, 0.6) is 0 Å². The minimum absolute atomic E-state index is 0.0187. The van der Waals surface area contributed by atoms with E-state index in [0.717, 1.165) is 16.6 Å². The number of likely N-dealkylation sites (N-methyl/N-ethyl adjacent to an activating group) is 1. The fourth-order valence-corrected chi connectivity index (χ4v) is 2.65. The van der Waals surface area contributed by atoms with Gasteiger partial charge < -0.3 is 15.1 Å². The van der Waals surface area contributed by atoms with Gasteiger partial charge in [0.15, 0.2) is 0 Å². The molecule has 0 heterocycles. The molecule has 1 N–H and O–H groups in total. The molecule has 0 aliphatic rings. The van der Waals surface area contributed by atoms with E-state index in [1.165, 1.54) is 0 Å². The van der Waals surface area contributed by atoms with Gasteiger partial charge in [-0.2, -0.15) is 0 Å². The number of hydrogen-bond acceptors (Lipinski definition) is 3. The van der Waals surface area contributed by atoms with Crippen molar-refractivity contribution in [3.05, 3.63) is 70.2 Å². The maximum absolute atomic E-state index is 12.6. The highest BCUT2D eigenvalue weighted by atomic mass is 79.9. The summed E-state index contributed by atoms with van der Waals surface area (Å²) in [6.45, 7) is 1.88. The number of benzene rings is 2. The Kier molecular flexibility index (Phi) is 7.81. The van der Waals surface area contributed by atoms with Gasteiger partial charge in [-0.25, -0.2) is 0 Å². The lowest BCUT2D eigenvalue weighted by Gasteiger charge is -2.25. The van der Waals surface area contributed by atoms with E-state index in [0.29, 0.717) is 18.7 Å². The van der Waals surface area contributed by atoms with Crippen LogP contribution in [0.2, 0.25) is 0 Å². The van der Waals surface area contributed by atoms with Crippen LogP contribution in [0.4, 0.5) is 0 Å². The monoisotopic (exact) mass is 417 g/mol. The molecule has 0 fully saturated rings. The average Bonchev–Trinajstić information content (AvgIpc) is 2.64. The third-order valence-electron chi connectivity index (χ3n) is 3.89. The van der Waals surface area contributed by atoms with Crippen LogP contribution in [0.3, 0.4) is 0 Å².